The second-order valence-electron chi connectivity index (χ2n) is 7.73. The van der Waals surface area contributed by atoms with Crippen LogP contribution in [0.1, 0.15) is 39.4 Å². The van der Waals surface area contributed by atoms with Gasteiger partial charge in [0.15, 0.2) is 16.8 Å². The summed E-state index contributed by atoms with van der Waals surface area (Å²) in [5.41, 5.74) is 1.75. The molecular weight excluding hydrogens is 440 g/mol. The molecule has 1 aliphatic rings. The van der Waals surface area contributed by atoms with Crippen LogP contribution >= 0.6 is 11.8 Å². The Bertz CT molecular complexity index is 1240. The number of hydrogen-bond acceptors (Lipinski definition) is 7. The molecule has 0 saturated carbocycles. The zero-order chi connectivity index (χ0) is 22.6. The van der Waals surface area contributed by atoms with Gasteiger partial charge in [-0.1, -0.05) is 11.8 Å². The van der Waals surface area contributed by atoms with E-state index in [1.165, 1.54) is 11.8 Å². The number of rotatable bonds is 8. The molecule has 33 heavy (non-hydrogen) atoms. The molecule has 0 atom stereocenters. The summed E-state index contributed by atoms with van der Waals surface area (Å²) in [6.07, 6.45) is 8.68. The number of pyridine rings is 1. The Morgan fingerprint density at radius 2 is 2.03 bits per heavy atom. The summed E-state index contributed by atoms with van der Waals surface area (Å²) in [6.45, 7) is 1.96. The largest absolute Gasteiger partial charge is 0.467 e. The molecule has 0 bridgehead atoms. The van der Waals surface area contributed by atoms with Crippen molar-refractivity contribution in [2.75, 3.05) is 18.8 Å². The van der Waals surface area contributed by atoms with Crippen molar-refractivity contribution in [2.24, 2.45) is 0 Å². The van der Waals surface area contributed by atoms with Crippen molar-refractivity contribution >= 4 is 23.5 Å². The van der Waals surface area contributed by atoms with Gasteiger partial charge in [0.2, 0.25) is 0 Å². The van der Waals surface area contributed by atoms with Crippen LogP contribution in [0.25, 0.3) is 11.4 Å². The number of ketones is 1. The van der Waals surface area contributed by atoms with Gasteiger partial charge >= 0.3 is 0 Å². The van der Waals surface area contributed by atoms with Gasteiger partial charge in [0.05, 0.1) is 18.6 Å². The highest BCUT2D eigenvalue weighted by molar-refractivity contribution is 7.99. The van der Waals surface area contributed by atoms with Crippen LogP contribution in [-0.2, 0) is 6.54 Å². The van der Waals surface area contributed by atoms with Crippen molar-refractivity contribution in [1.82, 2.24) is 29.6 Å². The van der Waals surface area contributed by atoms with Crippen LogP contribution in [0.5, 0.6) is 0 Å². The van der Waals surface area contributed by atoms with Crippen molar-refractivity contribution in [2.45, 2.75) is 24.5 Å². The smallest absolute Gasteiger partial charge is 0.270 e. The van der Waals surface area contributed by atoms with E-state index in [0.717, 1.165) is 37.3 Å². The number of likely N-dealkylation sites (tertiary alicyclic amines) is 1. The Kier molecular flexibility index (Phi) is 6.07. The number of hydrogen-bond donors (Lipinski definition) is 1. The number of Topliss-reactive ketones (excluding diaryl/α,β-unsaturated/α-hetero) is 1. The van der Waals surface area contributed by atoms with E-state index < -0.39 is 0 Å². The number of aromatic nitrogens is 5. The predicted molar refractivity (Wildman–Crippen MR) is 122 cm³/mol. The zero-order valence-electron chi connectivity index (χ0n) is 17.8. The Hall–Kier alpha value is -3.66. The summed E-state index contributed by atoms with van der Waals surface area (Å²) in [4.78, 5) is 34.3. The number of amides is 1. The molecule has 5 heterocycles. The number of carbonyl (C=O) groups is 2. The first-order valence-corrected chi connectivity index (χ1v) is 11.7. The molecule has 1 fully saturated rings. The minimum absolute atomic E-state index is 0.0569. The van der Waals surface area contributed by atoms with Crippen LogP contribution in [0, 0.1) is 0 Å². The Morgan fingerprint density at radius 3 is 2.79 bits per heavy atom. The third-order valence-electron chi connectivity index (χ3n) is 5.49. The van der Waals surface area contributed by atoms with E-state index in [2.05, 4.69) is 20.2 Å². The highest BCUT2D eigenvalue weighted by Crippen LogP contribution is 2.26. The fraction of sp³-hybridized carbons (Fsp3) is 0.261. The first-order chi connectivity index (χ1) is 16.2. The molecule has 168 valence electrons. The van der Waals surface area contributed by atoms with E-state index in [-0.39, 0.29) is 17.4 Å². The van der Waals surface area contributed by atoms with Crippen LogP contribution in [-0.4, -0.2) is 60.2 Å². The summed E-state index contributed by atoms with van der Waals surface area (Å²) in [6, 6.07) is 9.09. The molecule has 1 N–H and O–H groups in total. The van der Waals surface area contributed by atoms with Crippen LogP contribution in [0.3, 0.4) is 0 Å². The van der Waals surface area contributed by atoms with Crippen molar-refractivity contribution in [1.29, 1.82) is 0 Å². The molecule has 0 aliphatic carbocycles. The SMILES string of the molecule is O=C(CSc1nnc(-c2cccnc2)n1Cc1ccco1)c1c[nH]c(C(=O)N2CCCC2)c1. The number of H-pyrrole nitrogens is 1. The molecule has 4 aromatic heterocycles. The number of nitrogens with one attached hydrogen (secondary N) is 1. The number of thioether (sulfide) groups is 1. The van der Waals surface area contributed by atoms with Crippen molar-refractivity contribution < 1.29 is 14.0 Å². The Morgan fingerprint density at radius 1 is 1.15 bits per heavy atom. The third kappa shape index (κ3) is 4.61. The van der Waals surface area contributed by atoms with Crippen LogP contribution in [0.15, 0.2) is 64.8 Å². The second kappa shape index (κ2) is 9.45. The summed E-state index contributed by atoms with van der Waals surface area (Å²) in [7, 11) is 0. The van der Waals surface area contributed by atoms with E-state index in [4.69, 9.17) is 4.42 Å². The first kappa shape index (κ1) is 21.2. The van der Waals surface area contributed by atoms with Gasteiger partial charge in [-0.25, -0.2) is 0 Å². The number of carbonyl (C=O) groups excluding carboxylic acids is 2. The van der Waals surface area contributed by atoms with Gasteiger partial charge < -0.3 is 14.3 Å². The van der Waals surface area contributed by atoms with E-state index in [1.807, 2.05) is 33.7 Å². The van der Waals surface area contributed by atoms with Crippen molar-refractivity contribution in [3.05, 3.63) is 72.2 Å². The monoisotopic (exact) mass is 462 g/mol. The van der Waals surface area contributed by atoms with E-state index in [1.54, 1.807) is 30.9 Å². The molecule has 4 aromatic rings. The third-order valence-corrected chi connectivity index (χ3v) is 6.46. The highest BCUT2D eigenvalue weighted by Gasteiger charge is 2.22. The van der Waals surface area contributed by atoms with Crippen molar-refractivity contribution in [3.63, 3.8) is 0 Å². The molecule has 5 rings (SSSR count). The zero-order valence-corrected chi connectivity index (χ0v) is 18.6. The lowest BCUT2D eigenvalue weighted by atomic mass is 10.2. The molecule has 0 radical (unpaired) electrons. The van der Waals surface area contributed by atoms with Gasteiger partial charge in [0, 0.05) is 42.8 Å². The lowest BCUT2D eigenvalue weighted by Gasteiger charge is -2.13. The molecule has 1 aliphatic heterocycles. The highest BCUT2D eigenvalue weighted by atomic mass is 32.2. The van der Waals surface area contributed by atoms with E-state index >= 15 is 0 Å². The quantitative estimate of drug-likeness (QED) is 0.315. The summed E-state index contributed by atoms with van der Waals surface area (Å²) in [5, 5.41) is 9.24. The van der Waals surface area contributed by atoms with Gasteiger partial charge in [-0.15, -0.1) is 10.2 Å². The van der Waals surface area contributed by atoms with Gasteiger partial charge in [-0.05, 0) is 43.2 Å². The minimum Gasteiger partial charge on any atom is -0.467 e. The maximum Gasteiger partial charge on any atom is 0.270 e. The first-order valence-electron chi connectivity index (χ1n) is 10.7. The van der Waals surface area contributed by atoms with Crippen LogP contribution < -0.4 is 0 Å². The molecule has 1 amide bonds. The standard InChI is InChI=1S/C23H22N6O3S/c30-20(17-11-19(25-13-17)22(31)28-8-1-2-9-28)15-33-23-27-26-21(16-5-3-7-24-12-16)29(23)14-18-6-4-10-32-18/h3-7,10-13,25H,1-2,8-9,14-15H2. The molecule has 1 saturated heterocycles. The van der Waals surface area contributed by atoms with Crippen LogP contribution in [0.4, 0.5) is 0 Å². The van der Waals surface area contributed by atoms with Gasteiger partial charge in [0.1, 0.15) is 11.5 Å². The van der Waals surface area contributed by atoms with Crippen LogP contribution in [0.2, 0.25) is 0 Å². The topological polar surface area (TPSA) is 110 Å². The number of aromatic amines is 1. The van der Waals surface area contributed by atoms with E-state index in [9.17, 15) is 9.59 Å². The summed E-state index contributed by atoms with van der Waals surface area (Å²) in [5.74, 6) is 1.42. The lowest BCUT2D eigenvalue weighted by Crippen LogP contribution is -2.27. The van der Waals surface area contributed by atoms with Gasteiger partial charge in [-0.3, -0.25) is 19.1 Å². The average molecular weight is 463 g/mol. The lowest BCUT2D eigenvalue weighted by molar-refractivity contribution is 0.0787. The number of furan rings is 1. The Labute approximate surface area is 194 Å². The Balaban J connectivity index is 1.31. The van der Waals surface area contributed by atoms with Crippen molar-refractivity contribution in [3.8, 4) is 11.4 Å². The predicted octanol–water partition coefficient (Wildman–Crippen LogP) is 3.52. The molecule has 10 heteroatoms. The summed E-state index contributed by atoms with van der Waals surface area (Å²) < 4.78 is 7.42. The fourth-order valence-corrected chi connectivity index (χ4v) is 4.62. The second-order valence-corrected chi connectivity index (χ2v) is 8.67. The fourth-order valence-electron chi connectivity index (χ4n) is 3.79. The maximum absolute atomic E-state index is 12.8. The minimum atomic E-state index is -0.0906. The van der Waals surface area contributed by atoms with Gasteiger partial charge in [0.25, 0.3) is 5.91 Å². The molecular formula is C23H22N6O3S. The average Bonchev–Trinajstić information content (AvgIpc) is 3.66. The molecule has 9 nitrogen and oxygen atoms in total. The van der Waals surface area contributed by atoms with E-state index in [0.29, 0.717) is 28.8 Å². The number of nitrogens with zero attached hydrogens (tertiary/aromatic N) is 5. The van der Waals surface area contributed by atoms with Gasteiger partial charge in [-0.2, -0.15) is 0 Å². The molecule has 0 spiro atoms. The molecule has 0 unspecified atom stereocenters. The maximum atomic E-state index is 12.8. The summed E-state index contributed by atoms with van der Waals surface area (Å²) >= 11 is 1.30. The molecule has 0 aromatic carbocycles. The normalized spacial score (nSPS) is 13.5.